The molecule has 0 spiro atoms. The molecule has 92 valence electrons. The minimum atomic E-state index is -0.648. The van der Waals surface area contributed by atoms with Crippen LogP contribution in [0.2, 0.25) is 0 Å². The molecule has 1 fully saturated rings. The van der Waals surface area contributed by atoms with Crippen molar-refractivity contribution in [2.75, 3.05) is 31.2 Å². The summed E-state index contributed by atoms with van der Waals surface area (Å²) >= 11 is 0. The Morgan fingerprint density at radius 3 is 3.06 bits per heavy atom. The van der Waals surface area contributed by atoms with Crippen molar-refractivity contribution in [3.05, 3.63) is 29.8 Å². The van der Waals surface area contributed by atoms with E-state index in [2.05, 4.69) is 29.2 Å². The smallest absolute Gasteiger partial charge is 0.107 e. The Hall–Kier alpha value is -1.06. The molecule has 0 aliphatic carbocycles. The number of fused-ring (bicyclic) bond motifs is 1. The van der Waals surface area contributed by atoms with Gasteiger partial charge in [0.05, 0.1) is 6.61 Å². The summed E-state index contributed by atoms with van der Waals surface area (Å²) in [4.78, 5) is 2.31. The predicted octanol–water partition coefficient (Wildman–Crippen LogP) is 1.59. The second-order valence-corrected chi connectivity index (χ2v) is 5.18. The maximum Gasteiger partial charge on any atom is 0.107 e. The first-order chi connectivity index (χ1) is 8.27. The van der Waals surface area contributed by atoms with Gasteiger partial charge in [-0.1, -0.05) is 18.2 Å². The first-order valence-corrected chi connectivity index (χ1v) is 6.40. The zero-order chi connectivity index (χ0) is 11.7. The monoisotopic (exact) mass is 233 g/mol. The largest absolute Gasteiger partial charge is 0.386 e. The molecule has 1 N–H and O–H groups in total. The molecule has 17 heavy (non-hydrogen) atoms. The van der Waals surface area contributed by atoms with E-state index in [9.17, 15) is 5.11 Å². The van der Waals surface area contributed by atoms with E-state index in [0.29, 0.717) is 19.8 Å². The molecule has 3 heteroatoms. The number of para-hydroxylation sites is 1. The lowest BCUT2D eigenvalue weighted by Crippen LogP contribution is -2.45. The van der Waals surface area contributed by atoms with Gasteiger partial charge in [-0.2, -0.15) is 0 Å². The molecule has 0 aromatic heterocycles. The first kappa shape index (κ1) is 11.1. The molecular weight excluding hydrogens is 214 g/mol. The number of hydrogen-bond acceptors (Lipinski definition) is 3. The van der Waals surface area contributed by atoms with Gasteiger partial charge in [0.2, 0.25) is 0 Å². The fraction of sp³-hybridized carbons (Fsp3) is 0.571. The van der Waals surface area contributed by atoms with Crippen LogP contribution in [0, 0.1) is 0 Å². The SMILES string of the molecule is OC1(CN2CCCc3ccccc32)CCOC1. The molecule has 2 aliphatic rings. The van der Waals surface area contributed by atoms with Gasteiger partial charge in [0.25, 0.3) is 0 Å². The lowest BCUT2D eigenvalue weighted by molar-refractivity contribution is 0.0326. The van der Waals surface area contributed by atoms with Gasteiger partial charge in [0.15, 0.2) is 0 Å². The number of rotatable bonds is 2. The highest BCUT2D eigenvalue weighted by Gasteiger charge is 2.35. The Labute approximate surface area is 102 Å². The topological polar surface area (TPSA) is 32.7 Å². The molecule has 3 nitrogen and oxygen atoms in total. The number of benzene rings is 1. The van der Waals surface area contributed by atoms with E-state index < -0.39 is 5.60 Å². The van der Waals surface area contributed by atoms with E-state index >= 15 is 0 Å². The highest BCUT2D eigenvalue weighted by Crippen LogP contribution is 2.29. The molecule has 0 amide bonds. The molecule has 1 aromatic carbocycles. The summed E-state index contributed by atoms with van der Waals surface area (Å²) in [7, 11) is 0. The van der Waals surface area contributed by atoms with Crippen LogP contribution in [0.25, 0.3) is 0 Å². The van der Waals surface area contributed by atoms with E-state index in [1.165, 1.54) is 17.7 Å². The van der Waals surface area contributed by atoms with Crippen molar-refractivity contribution in [2.45, 2.75) is 24.9 Å². The minimum Gasteiger partial charge on any atom is -0.386 e. The summed E-state index contributed by atoms with van der Waals surface area (Å²) < 4.78 is 5.31. The van der Waals surface area contributed by atoms with Crippen LogP contribution in [0.4, 0.5) is 5.69 Å². The summed E-state index contributed by atoms with van der Waals surface area (Å²) in [6.45, 7) is 2.90. The van der Waals surface area contributed by atoms with E-state index in [1.54, 1.807) is 0 Å². The molecular formula is C14H19NO2. The molecule has 1 unspecified atom stereocenters. The van der Waals surface area contributed by atoms with Crippen LogP contribution in [0.15, 0.2) is 24.3 Å². The summed E-state index contributed by atoms with van der Waals surface area (Å²) in [6, 6.07) is 8.52. The second kappa shape index (κ2) is 4.31. The lowest BCUT2D eigenvalue weighted by Gasteiger charge is -2.36. The summed E-state index contributed by atoms with van der Waals surface area (Å²) in [5.41, 5.74) is 2.05. The molecule has 2 heterocycles. The fourth-order valence-corrected chi connectivity index (χ4v) is 2.85. The third kappa shape index (κ3) is 2.17. The molecule has 1 atom stereocenters. The van der Waals surface area contributed by atoms with Crippen LogP contribution >= 0.6 is 0 Å². The number of ether oxygens (including phenoxy) is 1. The molecule has 2 aliphatic heterocycles. The fourth-order valence-electron chi connectivity index (χ4n) is 2.85. The lowest BCUT2D eigenvalue weighted by atomic mass is 9.97. The summed E-state index contributed by atoms with van der Waals surface area (Å²) in [5, 5.41) is 10.4. The zero-order valence-electron chi connectivity index (χ0n) is 10.1. The average molecular weight is 233 g/mol. The van der Waals surface area contributed by atoms with Crippen molar-refractivity contribution in [1.29, 1.82) is 0 Å². The van der Waals surface area contributed by atoms with Crippen LogP contribution < -0.4 is 4.90 Å². The van der Waals surface area contributed by atoms with Crippen molar-refractivity contribution in [3.8, 4) is 0 Å². The number of aliphatic hydroxyl groups is 1. The number of hydrogen-bond donors (Lipinski definition) is 1. The molecule has 1 saturated heterocycles. The molecule has 0 saturated carbocycles. The van der Waals surface area contributed by atoms with Gasteiger partial charge in [-0.05, 0) is 24.5 Å². The van der Waals surface area contributed by atoms with Crippen molar-refractivity contribution >= 4 is 5.69 Å². The van der Waals surface area contributed by atoms with E-state index in [-0.39, 0.29) is 0 Å². The third-order valence-corrected chi connectivity index (χ3v) is 3.77. The Kier molecular flexibility index (Phi) is 2.81. The third-order valence-electron chi connectivity index (χ3n) is 3.77. The van der Waals surface area contributed by atoms with Crippen LogP contribution in [0.5, 0.6) is 0 Å². The second-order valence-electron chi connectivity index (χ2n) is 5.18. The first-order valence-electron chi connectivity index (χ1n) is 6.40. The Bertz CT molecular complexity index is 399. The van der Waals surface area contributed by atoms with Gasteiger partial charge >= 0.3 is 0 Å². The highest BCUT2D eigenvalue weighted by atomic mass is 16.5. The van der Waals surface area contributed by atoms with Gasteiger partial charge in [0, 0.05) is 31.8 Å². The maximum absolute atomic E-state index is 10.4. The quantitative estimate of drug-likeness (QED) is 0.842. The Morgan fingerprint density at radius 2 is 2.24 bits per heavy atom. The van der Waals surface area contributed by atoms with Gasteiger partial charge in [0.1, 0.15) is 5.60 Å². The number of nitrogens with zero attached hydrogens (tertiary/aromatic N) is 1. The van der Waals surface area contributed by atoms with E-state index in [0.717, 1.165) is 19.4 Å². The van der Waals surface area contributed by atoms with E-state index in [1.807, 2.05) is 0 Å². The van der Waals surface area contributed by atoms with Crippen LogP contribution in [0.1, 0.15) is 18.4 Å². The van der Waals surface area contributed by atoms with Crippen LogP contribution in [-0.4, -0.2) is 37.0 Å². The summed E-state index contributed by atoms with van der Waals surface area (Å²) in [5.74, 6) is 0. The van der Waals surface area contributed by atoms with Crippen molar-refractivity contribution in [3.63, 3.8) is 0 Å². The van der Waals surface area contributed by atoms with Gasteiger partial charge in [-0.3, -0.25) is 0 Å². The molecule has 1 aromatic rings. The number of β-amino-alcohol motifs (C(OH)–C–C–N with tert-alkyl or cyclic N) is 1. The molecule has 0 radical (unpaired) electrons. The van der Waals surface area contributed by atoms with Crippen LogP contribution in [0.3, 0.4) is 0 Å². The van der Waals surface area contributed by atoms with Gasteiger partial charge < -0.3 is 14.7 Å². The van der Waals surface area contributed by atoms with Crippen molar-refractivity contribution in [2.24, 2.45) is 0 Å². The van der Waals surface area contributed by atoms with Crippen molar-refractivity contribution < 1.29 is 9.84 Å². The Morgan fingerprint density at radius 1 is 1.35 bits per heavy atom. The average Bonchev–Trinajstić information content (AvgIpc) is 2.76. The van der Waals surface area contributed by atoms with Crippen molar-refractivity contribution in [1.82, 2.24) is 0 Å². The highest BCUT2D eigenvalue weighted by molar-refractivity contribution is 5.55. The van der Waals surface area contributed by atoms with Crippen LogP contribution in [-0.2, 0) is 11.2 Å². The summed E-state index contributed by atoms with van der Waals surface area (Å²) in [6.07, 6.45) is 3.08. The number of aryl methyl sites for hydroxylation is 1. The van der Waals surface area contributed by atoms with Gasteiger partial charge in [-0.25, -0.2) is 0 Å². The van der Waals surface area contributed by atoms with Gasteiger partial charge in [-0.15, -0.1) is 0 Å². The molecule has 0 bridgehead atoms. The predicted molar refractivity (Wildman–Crippen MR) is 67.4 cm³/mol. The molecule has 3 rings (SSSR count). The number of anilines is 1. The maximum atomic E-state index is 10.4. The zero-order valence-corrected chi connectivity index (χ0v) is 10.1. The minimum absolute atomic E-state index is 0.478. The Balaban J connectivity index is 1.81. The van der Waals surface area contributed by atoms with E-state index in [4.69, 9.17) is 4.74 Å². The normalized spacial score (nSPS) is 28.2. The standard InChI is InChI=1S/C14H19NO2/c16-14(7-9-17-11-14)10-15-8-3-5-12-4-1-2-6-13(12)15/h1-2,4,6,16H,3,5,7-11H2.